The van der Waals surface area contributed by atoms with Crippen LogP contribution in [0, 0.1) is 4.91 Å². The predicted octanol–water partition coefficient (Wildman–Crippen LogP) is 2.45. The SMILES string of the molecule is Cn1nccc1-c1cc(N=O)cc(-c2nnc(SCC(=O)O)[nH]2)c1. The number of nitroso groups, excluding NO2 is 1. The summed E-state index contributed by atoms with van der Waals surface area (Å²) in [7, 11) is 1.80. The van der Waals surface area contributed by atoms with Crippen LogP contribution in [-0.2, 0) is 11.8 Å². The van der Waals surface area contributed by atoms with E-state index in [2.05, 4.69) is 25.5 Å². The van der Waals surface area contributed by atoms with Crippen molar-refractivity contribution in [2.75, 3.05) is 5.75 Å². The third-order valence-electron chi connectivity index (χ3n) is 3.21. The maximum Gasteiger partial charge on any atom is 0.313 e. The summed E-state index contributed by atoms with van der Waals surface area (Å²) in [6.07, 6.45) is 1.66. The molecule has 3 aromatic rings. The van der Waals surface area contributed by atoms with Gasteiger partial charge in [-0.15, -0.1) is 15.1 Å². The van der Waals surface area contributed by atoms with Crippen LogP contribution in [0.3, 0.4) is 0 Å². The average molecular weight is 344 g/mol. The number of nitrogens with one attached hydrogen (secondary N) is 1. The fourth-order valence-electron chi connectivity index (χ4n) is 2.18. The minimum atomic E-state index is -0.941. The lowest BCUT2D eigenvalue weighted by molar-refractivity contribution is -0.133. The molecule has 0 aliphatic carbocycles. The number of hydrogen-bond donors (Lipinski definition) is 2. The average Bonchev–Trinajstić information content (AvgIpc) is 3.21. The number of aromatic amines is 1. The van der Waals surface area contributed by atoms with Crippen molar-refractivity contribution in [2.45, 2.75) is 5.16 Å². The van der Waals surface area contributed by atoms with E-state index in [1.165, 1.54) is 0 Å². The smallest absolute Gasteiger partial charge is 0.313 e. The Morgan fingerprint density at radius 2 is 2.12 bits per heavy atom. The van der Waals surface area contributed by atoms with Crippen LogP contribution in [-0.4, -0.2) is 41.8 Å². The molecule has 0 amide bonds. The molecule has 1 aromatic carbocycles. The van der Waals surface area contributed by atoms with E-state index in [1.807, 2.05) is 12.1 Å². The molecule has 3 rings (SSSR count). The molecule has 0 aliphatic rings. The normalized spacial score (nSPS) is 10.7. The van der Waals surface area contributed by atoms with Gasteiger partial charge in [0, 0.05) is 24.4 Å². The first-order valence-corrected chi connectivity index (χ1v) is 7.80. The summed E-state index contributed by atoms with van der Waals surface area (Å²) in [6.45, 7) is 0. The molecule has 0 saturated carbocycles. The maximum atomic E-state index is 11.0. The molecule has 122 valence electrons. The third kappa shape index (κ3) is 3.33. The summed E-state index contributed by atoms with van der Waals surface area (Å²) in [4.78, 5) is 24.5. The van der Waals surface area contributed by atoms with E-state index in [1.54, 1.807) is 30.1 Å². The monoisotopic (exact) mass is 344 g/mol. The quantitative estimate of drug-likeness (QED) is 0.519. The van der Waals surface area contributed by atoms with Crippen LogP contribution in [0.2, 0.25) is 0 Å². The van der Waals surface area contributed by atoms with Crippen molar-refractivity contribution in [3.63, 3.8) is 0 Å². The number of carboxylic acid groups (broad SMARTS) is 1. The van der Waals surface area contributed by atoms with Crippen molar-refractivity contribution in [2.24, 2.45) is 12.2 Å². The molecular formula is C14H12N6O3S. The van der Waals surface area contributed by atoms with Gasteiger partial charge in [0.2, 0.25) is 0 Å². The van der Waals surface area contributed by atoms with Crippen molar-refractivity contribution < 1.29 is 9.90 Å². The molecule has 0 aliphatic heterocycles. The van der Waals surface area contributed by atoms with E-state index < -0.39 is 5.97 Å². The Labute approximate surface area is 140 Å². The van der Waals surface area contributed by atoms with E-state index in [0.717, 1.165) is 23.0 Å². The minimum Gasteiger partial charge on any atom is -0.481 e. The number of aryl methyl sites for hydroxylation is 1. The maximum absolute atomic E-state index is 11.0. The largest absolute Gasteiger partial charge is 0.481 e. The zero-order chi connectivity index (χ0) is 17.1. The zero-order valence-corrected chi connectivity index (χ0v) is 13.3. The molecular weight excluding hydrogens is 332 g/mol. The van der Waals surface area contributed by atoms with Crippen LogP contribution in [0.5, 0.6) is 0 Å². The van der Waals surface area contributed by atoms with Gasteiger partial charge in [-0.1, -0.05) is 11.8 Å². The first kappa shape index (κ1) is 15.9. The van der Waals surface area contributed by atoms with Crippen molar-refractivity contribution in [1.29, 1.82) is 0 Å². The lowest BCUT2D eigenvalue weighted by Gasteiger charge is -2.05. The van der Waals surface area contributed by atoms with Gasteiger partial charge in [0.1, 0.15) is 5.69 Å². The van der Waals surface area contributed by atoms with E-state index in [9.17, 15) is 9.70 Å². The fraction of sp³-hybridized carbons (Fsp3) is 0.143. The van der Waals surface area contributed by atoms with E-state index in [-0.39, 0.29) is 11.4 Å². The highest BCUT2D eigenvalue weighted by Crippen LogP contribution is 2.30. The summed E-state index contributed by atoms with van der Waals surface area (Å²) in [5, 5.41) is 24.1. The summed E-state index contributed by atoms with van der Waals surface area (Å²) in [5.74, 6) is -0.634. The summed E-state index contributed by atoms with van der Waals surface area (Å²) < 4.78 is 1.68. The van der Waals surface area contributed by atoms with Gasteiger partial charge in [0.05, 0.1) is 11.4 Å². The third-order valence-corrected chi connectivity index (χ3v) is 4.06. The first-order valence-electron chi connectivity index (χ1n) is 6.81. The van der Waals surface area contributed by atoms with Gasteiger partial charge in [-0.25, -0.2) is 0 Å². The van der Waals surface area contributed by atoms with Gasteiger partial charge in [-0.3, -0.25) is 9.48 Å². The number of benzene rings is 1. The lowest BCUT2D eigenvalue weighted by atomic mass is 10.1. The first-order chi connectivity index (χ1) is 11.6. The molecule has 2 heterocycles. The van der Waals surface area contributed by atoms with Crippen molar-refractivity contribution in [1.82, 2.24) is 25.0 Å². The number of H-pyrrole nitrogens is 1. The lowest BCUT2D eigenvalue weighted by Crippen LogP contribution is -1.97. The van der Waals surface area contributed by atoms with Crippen molar-refractivity contribution in [3.05, 3.63) is 35.4 Å². The molecule has 2 aromatic heterocycles. The summed E-state index contributed by atoms with van der Waals surface area (Å²) >= 11 is 1.03. The zero-order valence-electron chi connectivity index (χ0n) is 12.5. The van der Waals surface area contributed by atoms with Crippen LogP contribution in [0.4, 0.5) is 5.69 Å². The second kappa shape index (κ2) is 6.62. The van der Waals surface area contributed by atoms with Crippen LogP contribution < -0.4 is 0 Å². The van der Waals surface area contributed by atoms with Gasteiger partial charge < -0.3 is 10.1 Å². The van der Waals surface area contributed by atoms with Gasteiger partial charge in [0.15, 0.2) is 11.0 Å². The Bertz CT molecular complexity index is 904. The highest BCUT2D eigenvalue weighted by molar-refractivity contribution is 7.99. The predicted molar refractivity (Wildman–Crippen MR) is 87.8 cm³/mol. The van der Waals surface area contributed by atoms with Crippen molar-refractivity contribution in [3.8, 4) is 22.6 Å². The Morgan fingerprint density at radius 3 is 2.79 bits per heavy atom. The molecule has 10 heteroatoms. The molecule has 0 spiro atoms. The number of hydrogen-bond acceptors (Lipinski definition) is 7. The van der Waals surface area contributed by atoms with Crippen LogP contribution in [0.25, 0.3) is 22.6 Å². The molecule has 0 unspecified atom stereocenters. The van der Waals surface area contributed by atoms with Gasteiger partial charge in [-0.05, 0) is 29.4 Å². The Hall–Kier alpha value is -3.01. The van der Waals surface area contributed by atoms with E-state index >= 15 is 0 Å². The number of aromatic nitrogens is 5. The number of thioether (sulfide) groups is 1. The van der Waals surface area contributed by atoms with Crippen LogP contribution in [0.15, 0.2) is 40.8 Å². The van der Waals surface area contributed by atoms with Gasteiger partial charge in [-0.2, -0.15) is 5.10 Å². The molecule has 0 saturated heterocycles. The van der Waals surface area contributed by atoms with Gasteiger partial charge in [0.25, 0.3) is 0 Å². The highest BCUT2D eigenvalue weighted by Gasteiger charge is 2.12. The topological polar surface area (TPSA) is 126 Å². The Morgan fingerprint density at radius 1 is 1.33 bits per heavy atom. The Kier molecular flexibility index (Phi) is 4.38. The number of nitrogens with zero attached hydrogens (tertiary/aromatic N) is 5. The molecule has 0 atom stereocenters. The number of aliphatic carboxylic acids is 1. The molecule has 0 bridgehead atoms. The molecule has 0 fully saturated rings. The summed E-state index contributed by atoms with van der Waals surface area (Å²) in [6, 6.07) is 6.89. The molecule has 2 N–H and O–H groups in total. The van der Waals surface area contributed by atoms with Gasteiger partial charge >= 0.3 is 5.97 Å². The van der Waals surface area contributed by atoms with E-state index in [4.69, 9.17) is 5.11 Å². The van der Waals surface area contributed by atoms with Crippen molar-refractivity contribution >= 4 is 23.4 Å². The fourth-order valence-corrected chi connectivity index (χ4v) is 2.70. The summed E-state index contributed by atoms with van der Waals surface area (Å²) in [5.41, 5.74) is 2.46. The second-order valence-corrected chi connectivity index (χ2v) is 5.83. The molecule has 0 radical (unpaired) electrons. The standard InChI is InChI=1S/C14H12N6O3S/c1-20-11(2-3-15-20)8-4-9(6-10(5-8)19-23)13-16-14(18-17-13)24-7-12(21)22/h2-6H,7H2,1H3,(H,21,22)(H,16,17,18). The second-order valence-electron chi connectivity index (χ2n) is 4.86. The number of carbonyl (C=O) groups is 1. The highest BCUT2D eigenvalue weighted by atomic mass is 32.2. The van der Waals surface area contributed by atoms with Crippen LogP contribution >= 0.6 is 11.8 Å². The van der Waals surface area contributed by atoms with Crippen LogP contribution in [0.1, 0.15) is 0 Å². The molecule has 24 heavy (non-hydrogen) atoms. The molecule has 9 nitrogen and oxygen atoms in total. The Balaban J connectivity index is 1.97. The number of carboxylic acids is 1. The number of rotatable bonds is 6. The minimum absolute atomic E-state index is 0.120. The van der Waals surface area contributed by atoms with E-state index in [0.29, 0.717) is 16.5 Å².